The van der Waals surface area contributed by atoms with Gasteiger partial charge in [0.05, 0.1) is 68.1 Å². The second kappa shape index (κ2) is 30.0. The van der Waals surface area contributed by atoms with Crippen LogP contribution in [0.2, 0.25) is 0 Å². The zero-order valence-electron chi connectivity index (χ0n) is 38.6. The molecule has 2 aliphatic rings. The molecule has 2 unspecified atom stereocenters. The van der Waals surface area contributed by atoms with Crippen molar-refractivity contribution in [3.05, 3.63) is 159 Å². The van der Waals surface area contributed by atoms with E-state index >= 15 is 0 Å². The van der Waals surface area contributed by atoms with Crippen molar-refractivity contribution < 1.29 is 14.4 Å². The van der Waals surface area contributed by atoms with Gasteiger partial charge < -0.3 is 24.8 Å². The normalized spacial score (nSPS) is 15.8. The van der Waals surface area contributed by atoms with Crippen LogP contribution in [0.25, 0.3) is 15.8 Å². The van der Waals surface area contributed by atoms with Gasteiger partial charge in [-0.2, -0.15) is 15.8 Å². The average molecular weight is 870 g/mol. The van der Waals surface area contributed by atoms with Gasteiger partial charge in [-0.05, 0) is 67.4 Å². The third-order valence-electron chi connectivity index (χ3n) is 11.3. The predicted molar refractivity (Wildman–Crippen MR) is 258 cm³/mol. The van der Waals surface area contributed by atoms with Gasteiger partial charge in [0, 0.05) is 43.4 Å². The number of hydrogen-bond donors (Lipinski definition) is 1. The first-order chi connectivity index (χ1) is 31.8. The van der Waals surface area contributed by atoms with Gasteiger partial charge in [-0.25, -0.2) is 14.9 Å². The van der Waals surface area contributed by atoms with Crippen LogP contribution in [0.15, 0.2) is 131 Å². The molecule has 336 valence electrons. The molecule has 0 aromatic heterocycles. The van der Waals surface area contributed by atoms with E-state index in [1.807, 2.05) is 59.3 Å². The third-order valence-corrected chi connectivity index (χ3v) is 11.3. The van der Waals surface area contributed by atoms with Crippen molar-refractivity contribution in [3.63, 3.8) is 0 Å². The molecule has 1 amide bonds. The Morgan fingerprint density at radius 2 is 1.46 bits per heavy atom. The number of ether oxygens (including phenoxy) is 1. The number of rotatable bonds is 20. The molecule has 1 N–H and O–H groups in total. The van der Waals surface area contributed by atoms with Crippen LogP contribution in [-0.2, 0) is 4.74 Å². The number of amides is 1. The van der Waals surface area contributed by atoms with Crippen LogP contribution in [0.5, 0.6) is 0 Å². The Balaban J connectivity index is 0.000000747. The number of allylic oxidation sites excluding steroid dienone is 12. The molecule has 65 heavy (non-hydrogen) atoms. The van der Waals surface area contributed by atoms with Crippen LogP contribution in [-0.4, -0.2) is 74.2 Å². The van der Waals surface area contributed by atoms with E-state index in [1.165, 1.54) is 58.2 Å². The Morgan fingerprint density at radius 3 is 1.97 bits per heavy atom. The fraction of sp³-hybridized carbons (Fsp3) is 0.407. The lowest BCUT2D eigenvalue weighted by Gasteiger charge is -2.37. The fourth-order valence-electron chi connectivity index (χ4n) is 7.92. The number of hydrogen-bond acceptors (Lipinski definition) is 7. The van der Waals surface area contributed by atoms with E-state index in [0.717, 1.165) is 16.8 Å². The van der Waals surface area contributed by atoms with Gasteiger partial charge in [0.1, 0.15) is 6.07 Å². The molecule has 1 saturated heterocycles. The monoisotopic (exact) mass is 870 g/mol. The molecule has 2 atom stereocenters. The van der Waals surface area contributed by atoms with Crippen molar-refractivity contribution in [2.75, 3.05) is 52.4 Å². The molecule has 0 saturated carbocycles. The van der Waals surface area contributed by atoms with Crippen LogP contribution in [0, 0.1) is 57.8 Å². The minimum Gasteiger partial charge on any atom is -0.762 e. The van der Waals surface area contributed by atoms with E-state index in [1.54, 1.807) is 72.5 Å². The quantitative estimate of drug-likeness (QED) is 0.0600. The summed E-state index contributed by atoms with van der Waals surface area (Å²) in [4.78, 5) is 21.5. The number of piperazine rings is 1. The Bertz CT molecular complexity index is 2270. The number of nitrogens with zero attached hydrogens (tertiary/aromatic N) is 8. The summed E-state index contributed by atoms with van der Waals surface area (Å²) >= 11 is 0. The van der Waals surface area contributed by atoms with Gasteiger partial charge in [-0.1, -0.05) is 131 Å². The Labute approximate surface area is 387 Å². The van der Waals surface area contributed by atoms with Gasteiger partial charge in [0.15, 0.2) is 0 Å². The number of quaternary nitrogens is 1. The summed E-state index contributed by atoms with van der Waals surface area (Å²) in [6, 6.07) is 26.3. The first-order valence-electron chi connectivity index (χ1n) is 22.9. The predicted octanol–water partition coefficient (Wildman–Crippen LogP) is 10.0. The summed E-state index contributed by atoms with van der Waals surface area (Å²) in [7, 11) is 0. The van der Waals surface area contributed by atoms with Crippen molar-refractivity contribution in [3.8, 4) is 24.3 Å². The van der Waals surface area contributed by atoms with Crippen molar-refractivity contribution in [2.24, 2.45) is 5.92 Å². The molecule has 1 aliphatic carbocycles. The van der Waals surface area contributed by atoms with E-state index in [0.29, 0.717) is 56.8 Å². The standard InChI is InChI=1S/C42H35N8O2.C12H27N/c1-3-52-42(51)50-24-22-49(23-25-50)41-33(16-10-18-35(26-43)39(37(28-45)29-46)31-12-6-4-7-13-31)20-21-34(41)17-11-19-36(27-44)40(38(30-47)48-2)32-14-8-5-9-15-32;1-4-7-10-13(11-8-5-2)12-9-6-3/h4-19,35,39H,3,20-25H2,1H3;4-12H2,1-3H3/q-1;/p+1/b17-11+,18-10+,33-16+,36-19+,40-38+;. The minimum absolute atomic E-state index is 0.0447. The molecule has 0 bridgehead atoms. The van der Waals surface area contributed by atoms with E-state index in [2.05, 4.69) is 42.7 Å². The molecule has 1 heterocycles. The second-order valence-electron chi connectivity index (χ2n) is 15.7. The Kier molecular flexibility index (Phi) is 24.1. The SMILES string of the molecule is CCCC[NH+](CCCC)CCCC.[C-]#[N+]/C(C#N)=C(/C(C#N)=C/C=C/C1=C(N2CCN(C(=O)OCC)CC2)C(=C/C=C/C(C#N)C(C(=C=[N-])C#N)c2ccccc2)/CC1)c1ccccc1. The molecule has 0 spiro atoms. The molecule has 11 nitrogen and oxygen atoms in total. The summed E-state index contributed by atoms with van der Waals surface area (Å²) in [5, 5.41) is 49.3. The third kappa shape index (κ3) is 16.1. The number of unbranched alkanes of at least 4 members (excludes halogenated alkanes) is 3. The van der Waals surface area contributed by atoms with Crippen molar-refractivity contribution in [1.29, 1.82) is 21.0 Å². The highest BCUT2D eigenvalue weighted by atomic mass is 16.6. The Morgan fingerprint density at radius 1 is 0.846 bits per heavy atom. The van der Waals surface area contributed by atoms with Crippen molar-refractivity contribution in [1.82, 2.24) is 9.80 Å². The molecule has 2 aromatic rings. The van der Waals surface area contributed by atoms with Crippen LogP contribution in [0.1, 0.15) is 96.1 Å². The largest absolute Gasteiger partial charge is 0.762 e. The zero-order valence-corrected chi connectivity index (χ0v) is 38.6. The topological polar surface area (TPSA) is 159 Å². The first-order valence-corrected chi connectivity index (χ1v) is 22.9. The number of nitrogens with one attached hydrogen (secondary N) is 1. The summed E-state index contributed by atoms with van der Waals surface area (Å²) in [5.74, 6) is 0.479. The van der Waals surface area contributed by atoms with E-state index in [-0.39, 0.29) is 28.5 Å². The number of nitriles is 4. The van der Waals surface area contributed by atoms with Crippen LogP contribution in [0.4, 0.5) is 4.79 Å². The summed E-state index contributed by atoms with van der Waals surface area (Å²) in [5.41, 5.74) is 4.49. The zero-order chi connectivity index (χ0) is 47.2. The summed E-state index contributed by atoms with van der Waals surface area (Å²) in [6.07, 6.45) is 20.0. The highest BCUT2D eigenvalue weighted by Crippen LogP contribution is 2.37. The fourth-order valence-corrected chi connectivity index (χ4v) is 7.92. The lowest BCUT2D eigenvalue weighted by atomic mass is 9.81. The van der Waals surface area contributed by atoms with Gasteiger partial charge in [-0.3, -0.25) is 5.87 Å². The minimum atomic E-state index is -0.773. The molecule has 11 heteroatoms. The van der Waals surface area contributed by atoms with E-state index in [9.17, 15) is 31.3 Å². The van der Waals surface area contributed by atoms with Crippen molar-refractivity contribution >= 4 is 17.5 Å². The molecular formula is C54H63N9O2. The molecule has 2 aromatic carbocycles. The van der Waals surface area contributed by atoms with Gasteiger partial charge in [0.25, 0.3) is 5.70 Å². The van der Waals surface area contributed by atoms with E-state index in [4.69, 9.17) is 11.3 Å². The van der Waals surface area contributed by atoms with E-state index < -0.39 is 11.8 Å². The number of benzene rings is 2. The van der Waals surface area contributed by atoms with Crippen LogP contribution < -0.4 is 4.90 Å². The highest BCUT2D eigenvalue weighted by molar-refractivity contribution is 5.88. The maximum absolute atomic E-state index is 12.4. The lowest BCUT2D eigenvalue weighted by Crippen LogP contribution is -3.12. The van der Waals surface area contributed by atoms with Crippen LogP contribution in [0.3, 0.4) is 0 Å². The maximum atomic E-state index is 12.4. The van der Waals surface area contributed by atoms with Crippen molar-refractivity contribution in [2.45, 2.75) is 85.0 Å². The lowest BCUT2D eigenvalue weighted by molar-refractivity contribution is -0.900. The summed E-state index contributed by atoms with van der Waals surface area (Å²) in [6.45, 7) is 22.7. The molecule has 1 aliphatic heterocycles. The highest BCUT2D eigenvalue weighted by Gasteiger charge is 2.29. The summed E-state index contributed by atoms with van der Waals surface area (Å²) < 4.78 is 5.21. The maximum Gasteiger partial charge on any atom is 0.409 e. The van der Waals surface area contributed by atoms with Gasteiger partial charge >= 0.3 is 6.09 Å². The number of carbonyl (C=O) groups excluding carboxylic acids is 1. The van der Waals surface area contributed by atoms with Crippen LogP contribution >= 0.6 is 0 Å². The molecule has 4 rings (SSSR count). The average Bonchev–Trinajstić information content (AvgIpc) is 3.75. The van der Waals surface area contributed by atoms with Gasteiger partial charge in [-0.15, -0.1) is 0 Å². The molecular weight excluding hydrogens is 807 g/mol. The van der Waals surface area contributed by atoms with Gasteiger partial charge in [0.2, 0.25) is 0 Å². The number of carbonyl (C=O) groups is 1. The Hall–Kier alpha value is -7.19. The molecule has 0 radical (unpaired) electrons. The second-order valence-corrected chi connectivity index (χ2v) is 15.7. The smallest absolute Gasteiger partial charge is 0.409 e. The first kappa shape index (κ1) is 52.2. The molecule has 1 fully saturated rings.